The van der Waals surface area contributed by atoms with Crippen molar-refractivity contribution in [3.63, 3.8) is 0 Å². The fraction of sp³-hybridized carbons (Fsp3) is 0.562. The summed E-state index contributed by atoms with van der Waals surface area (Å²) in [6.07, 6.45) is 8.99. The van der Waals surface area contributed by atoms with Gasteiger partial charge in [-0.15, -0.1) is 0 Å². The molecule has 120 valence electrons. The molecule has 6 heteroatoms. The summed E-state index contributed by atoms with van der Waals surface area (Å²) in [6, 6.07) is 3.11. The molecule has 0 bridgehead atoms. The summed E-state index contributed by atoms with van der Waals surface area (Å²) in [5, 5.41) is 8.41. The van der Waals surface area contributed by atoms with Crippen LogP contribution in [0.25, 0.3) is 0 Å². The van der Waals surface area contributed by atoms with Gasteiger partial charge in [0, 0.05) is 25.0 Å². The molecule has 0 aliphatic heterocycles. The number of amides is 3. The standard InChI is InChI=1S/C16H24N4O2/c1-12(15(21)18-11-13-6-5-9-17-10-13)19-16(22)20-14-7-3-2-4-8-14/h5-6,9-10,12,14H,2-4,7-8,11H2,1H3,(H,18,21)(H2,19,20,22)/t12-/m1/s1. The van der Waals surface area contributed by atoms with Crippen LogP contribution in [0.2, 0.25) is 0 Å². The molecule has 1 heterocycles. The maximum atomic E-state index is 12.0. The number of nitrogens with one attached hydrogen (secondary N) is 3. The lowest BCUT2D eigenvalue weighted by molar-refractivity contribution is -0.122. The van der Waals surface area contributed by atoms with Crippen LogP contribution in [0.15, 0.2) is 24.5 Å². The summed E-state index contributed by atoms with van der Waals surface area (Å²) in [5.41, 5.74) is 0.926. The zero-order chi connectivity index (χ0) is 15.8. The zero-order valence-electron chi connectivity index (χ0n) is 13.0. The Morgan fingerprint density at radius 3 is 2.77 bits per heavy atom. The van der Waals surface area contributed by atoms with Crippen LogP contribution in [0.1, 0.15) is 44.6 Å². The minimum Gasteiger partial charge on any atom is -0.350 e. The van der Waals surface area contributed by atoms with E-state index in [1.807, 2.05) is 12.1 Å². The molecule has 1 saturated carbocycles. The molecule has 0 spiro atoms. The molecule has 0 saturated heterocycles. The van der Waals surface area contributed by atoms with Crippen molar-refractivity contribution in [3.8, 4) is 0 Å². The van der Waals surface area contributed by atoms with Crippen molar-refractivity contribution in [2.75, 3.05) is 0 Å². The Hall–Kier alpha value is -2.11. The lowest BCUT2D eigenvalue weighted by Gasteiger charge is -2.24. The van der Waals surface area contributed by atoms with Gasteiger partial charge < -0.3 is 16.0 Å². The fourth-order valence-corrected chi connectivity index (χ4v) is 2.58. The first-order chi connectivity index (χ1) is 10.6. The van der Waals surface area contributed by atoms with Gasteiger partial charge in [-0.25, -0.2) is 4.79 Å². The second-order valence-corrected chi connectivity index (χ2v) is 5.75. The lowest BCUT2D eigenvalue weighted by Crippen LogP contribution is -2.50. The molecule has 1 aromatic heterocycles. The van der Waals surface area contributed by atoms with Gasteiger partial charge in [0.25, 0.3) is 0 Å². The highest BCUT2D eigenvalue weighted by molar-refractivity contribution is 5.86. The number of carbonyl (C=O) groups is 2. The summed E-state index contributed by atoms with van der Waals surface area (Å²) in [7, 11) is 0. The molecule has 1 aromatic rings. The van der Waals surface area contributed by atoms with E-state index < -0.39 is 6.04 Å². The van der Waals surface area contributed by atoms with Crippen molar-refractivity contribution < 1.29 is 9.59 Å². The number of hydrogen-bond acceptors (Lipinski definition) is 3. The number of hydrogen-bond donors (Lipinski definition) is 3. The average molecular weight is 304 g/mol. The molecule has 0 aromatic carbocycles. The Balaban J connectivity index is 1.69. The molecule has 22 heavy (non-hydrogen) atoms. The van der Waals surface area contributed by atoms with E-state index in [0.29, 0.717) is 6.54 Å². The van der Waals surface area contributed by atoms with Crippen LogP contribution in [0.4, 0.5) is 4.79 Å². The van der Waals surface area contributed by atoms with Crippen LogP contribution in [0.3, 0.4) is 0 Å². The molecule has 0 radical (unpaired) electrons. The van der Waals surface area contributed by atoms with Gasteiger partial charge in [0.1, 0.15) is 6.04 Å². The normalized spacial score (nSPS) is 16.6. The van der Waals surface area contributed by atoms with Crippen molar-refractivity contribution in [1.29, 1.82) is 0 Å². The Kier molecular flexibility index (Phi) is 6.18. The van der Waals surface area contributed by atoms with Crippen molar-refractivity contribution in [2.45, 2.75) is 57.7 Å². The van der Waals surface area contributed by atoms with Crippen molar-refractivity contribution >= 4 is 11.9 Å². The first kappa shape index (κ1) is 16.3. The van der Waals surface area contributed by atoms with Gasteiger partial charge in [-0.2, -0.15) is 0 Å². The third-order valence-corrected chi connectivity index (χ3v) is 3.87. The summed E-state index contributed by atoms with van der Waals surface area (Å²) in [6.45, 7) is 2.09. The predicted octanol–water partition coefficient (Wildman–Crippen LogP) is 1.72. The van der Waals surface area contributed by atoms with E-state index in [1.165, 1.54) is 6.42 Å². The number of pyridine rings is 1. The topological polar surface area (TPSA) is 83.1 Å². The van der Waals surface area contributed by atoms with E-state index in [-0.39, 0.29) is 18.0 Å². The van der Waals surface area contributed by atoms with E-state index in [1.54, 1.807) is 19.3 Å². The highest BCUT2D eigenvalue weighted by Crippen LogP contribution is 2.17. The van der Waals surface area contributed by atoms with Gasteiger partial charge in [0.05, 0.1) is 0 Å². The summed E-state index contributed by atoms with van der Waals surface area (Å²) in [4.78, 5) is 27.8. The van der Waals surface area contributed by atoms with Crippen molar-refractivity contribution in [3.05, 3.63) is 30.1 Å². The summed E-state index contributed by atoms with van der Waals surface area (Å²) < 4.78 is 0. The molecule has 1 atom stereocenters. The van der Waals surface area contributed by atoms with E-state index in [2.05, 4.69) is 20.9 Å². The quantitative estimate of drug-likeness (QED) is 0.774. The van der Waals surface area contributed by atoms with Crippen molar-refractivity contribution in [2.24, 2.45) is 0 Å². The van der Waals surface area contributed by atoms with E-state index in [9.17, 15) is 9.59 Å². The first-order valence-corrected chi connectivity index (χ1v) is 7.89. The molecule has 0 unspecified atom stereocenters. The van der Waals surface area contributed by atoms with Crippen LogP contribution in [-0.4, -0.2) is 29.0 Å². The largest absolute Gasteiger partial charge is 0.350 e. The zero-order valence-corrected chi connectivity index (χ0v) is 13.0. The molecular formula is C16H24N4O2. The smallest absolute Gasteiger partial charge is 0.315 e. The Bertz CT molecular complexity index is 486. The lowest BCUT2D eigenvalue weighted by atomic mass is 9.96. The number of nitrogens with zero attached hydrogens (tertiary/aromatic N) is 1. The Morgan fingerprint density at radius 2 is 2.09 bits per heavy atom. The molecule has 1 aliphatic rings. The summed E-state index contributed by atoms with van der Waals surface area (Å²) in [5.74, 6) is -0.206. The van der Waals surface area contributed by atoms with E-state index >= 15 is 0 Å². The van der Waals surface area contributed by atoms with Gasteiger partial charge in [-0.1, -0.05) is 25.3 Å². The Labute approximate surface area is 131 Å². The molecule has 1 fully saturated rings. The van der Waals surface area contributed by atoms with Gasteiger partial charge >= 0.3 is 6.03 Å². The predicted molar refractivity (Wildman–Crippen MR) is 84.1 cm³/mol. The maximum absolute atomic E-state index is 12.0. The first-order valence-electron chi connectivity index (χ1n) is 7.89. The molecule has 3 amide bonds. The molecule has 1 aliphatic carbocycles. The Morgan fingerprint density at radius 1 is 1.32 bits per heavy atom. The molecular weight excluding hydrogens is 280 g/mol. The number of aromatic nitrogens is 1. The molecule has 2 rings (SSSR count). The maximum Gasteiger partial charge on any atom is 0.315 e. The van der Waals surface area contributed by atoms with Crippen LogP contribution >= 0.6 is 0 Å². The number of urea groups is 1. The molecule has 3 N–H and O–H groups in total. The monoisotopic (exact) mass is 304 g/mol. The van der Waals surface area contributed by atoms with Crippen LogP contribution in [0.5, 0.6) is 0 Å². The third kappa shape index (κ3) is 5.35. The third-order valence-electron chi connectivity index (χ3n) is 3.87. The highest BCUT2D eigenvalue weighted by atomic mass is 16.2. The van der Waals surface area contributed by atoms with Crippen molar-refractivity contribution in [1.82, 2.24) is 20.9 Å². The van der Waals surface area contributed by atoms with Gasteiger partial charge in [-0.05, 0) is 31.4 Å². The minimum atomic E-state index is -0.569. The van der Waals surface area contributed by atoms with Gasteiger partial charge in [-0.3, -0.25) is 9.78 Å². The van der Waals surface area contributed by atoms with Crippen LogP contribution in [-0.2, 0) is 11.3 Å². The fourth-order valence-electron chi connectivity index (χ4n) is 2.58. The summed E-state index contributed by atoms with van der Waals surface area (Å²) >= 11 is 0. The number of rotatable bonds is 5. The van der Waals surface area contributed by atoms with E-state index in [0.717, 1.165) is 31.2 Å². The van der Waals surface area contributed by atoms with Crippen LogP contribution < -0.4 is 16.0 Å². The molecule has 6 nitrogen and oxygen atoms in total. The second-order valence-electron chi connectivity index (χ2n) is 5.75. The van der Waals surface area contributed by atoms with Gasteiger partial charge in [0.2, 0.25) is 5.91 Å². The van der Waals surface area contributed by atoms with Gasteiger partial charge in [0.15, 0.2) is 0 Å². The second kappa shape index (κ2) is 8.36. The average Bonchev–Trinajstić information content (AvgIpc) is 2.54. The highest BCUT2D eigenvalue weighted by Gasteiger charge is 2.19. The minimum absolute atomic E-state index is 0.206. The van der Waals surface area contributed by atoms with E-state index in [4.69, 9.17) is 0 Å². The van der Waals surface area contributed by atoms with Crippen LogP contribution in [0, 0.1) is 0 Å². The SMILES string of the molecule is C[C@@H](NC(=O)NC1CCCCC1)C(=O)NCc1cccnc1. The number of carbonyl (C=O) groups excluding carboxylic acids is 2.